The molecule has 2 aliphatic rings. The van der Waals surface area contributed by atoms with Crippen LogP contribution in [0.3, 0.4) is 0 Å². The normalized spacial score (nSPS) is 26.9. The van der Waals surface area contributed by atoms with Gasteiger partial charge >= 0.3 is 6.09 Å². The van der Waals surface area contributed by atoms with E-state index in [0.717, 1.165) is 28.0 Å². The summed E-state index contributed by atoms with van der Waals surface area (Å²) < 4.78 is 11.4. The van der Waals surface area contributed by atoms with E-state index in [1.165, 1.54) is 51.4 Å². The van der Waals surface area contributed by atoms with Crippen LogP contribution in [0.2, 0.25) is 0 Å². The Hall–Kier alpha value is -2.23. The molecular formula is C25H33NO3. The second-order valence-corrected chi connectivity index (χ2v) is 9.01. The molecule has 4 nitrogen and oxygen atoms in total. The minimum absolute atomic E-state index is 0.346. The molecule has 0 bridgehead atoms. The van der Waals surface area contributed by atoms with Crippen molar-refractivity contribution in [2.75, 3.05) is 6.61 Å². The first kappa shape index (κ1) is 20.1. The average Bonchev–Trinajstić information content (AvgIpc) is 3.09. The molecule has 1 aliphatic heterocycles. The van der Waals surface area contributed by atoms with Crippen LogP contribution in [0.1, 0.15) is 70.8 Å². The highest BCUT2D eigenvalue weighted by Gasteiger charge is 2.36. The average molecular weight is 396 g/mol. The number of benzene rings is 2. The van der Waals surface area contributed by atoms with Crippen LogP contribution in [0.15, 0.2) is 36.4 Å². The van der Waals surface area contributed by atoms with Crippen molar-refractivity contribution < 1.29 is 14.3 Å². The summed E-state index contributed by atoms with van der Waals surface area (Å²) in [5.41, 5.74) is 0.599. The molecule has 156 valence electrons. The molecule has 1 saturated heterocycles. The minimum Gasteiger partial charge on any atom is -0.490 e. The number of hydrogen-bond donors (Lipinski definition) is 1. The number of rotatable bonds is 7. The number of fused-ring (bicyclic) bond motifs is 1. The zero-order valence-electron chi connectivity index (χ0n) is 17.7. The van der Waals surface area contributed by atoms with Gasteiger partial charge in [0.25, 0.3) is 0 Å². The number of carbonyl (C=O) groups is 1. The molecule has 4 rings (SSSR count). The molecule has 1 amide bonds. The molecule has 1 atom stereocenters. The third kappa shape index (κ3) is 4.68. The SMILES string of the molecule is CCCCCC1CCC(Oc2ccc3cc(C4(C)COC(=O)N4)ccc3c2)CC1. The maximum Gasteiger partial charge on any atom is 0.408 e. The minimum atomic E-state index is -0.462. The van der Waals surface area contributed by atoms with Crippen molar-refractivity contribution in [3.05, 3.63) is 42.0 Å². The summed E-state index contributed by atoms with van der Waals surface area (Å²) in [6.45, 7) is 4.63. The van der Waals surface area contributed by atoms with E-state index in [1.54, 1.807) is 0 Å². The molecule has 1 saturated carbocycles. The van der Waals surface area contributed by atoms with E-state index in [2.05, 4.69) is 48.6 Å². The quantitative estimate of drug-likeness (QED) is 0.559. The summed E-state index contributed by atoms with van der Waals surface area (Å²) in [5.74, 6) is 1.86. The lowest BCUT2D eigenvalue weighted by atomic mass is 9.84. The third-order valence-electron chi connectivity index (χ3n) is 6.63. The van der Waals surface area contributed by atoms with Crippen molar-refractivity contribution in [3.63, 3.8) is 0 Å². The van der Waals surface area contributed by atoms with Gasteiger partial charge in [-0.15, -0.1) is 0 Å². The van der Waals surface area contributed by atoms with Crippen molar-refractivity contribution in [1.29, 1.82) is 0 Å². The van der Waals surface area contributed by atoms with Gasteiger partial charge in [0.15, 0.2) is 0 Å². The monoisotopic (exact) mass is 395 g/mol. The predicted molar refractivity (Wildman–Crippen MR) is 116 cm³/mol. The van der Waals surface area contributed by atoms with E-state index in [9.17, 15) is 4.79 Å². The fourth-order valence-electron chi connectivity index (χ4n) is 4.72. The van der Waals surface area contributed by atoms with Gasteiger partial charge in [0, 0.05) is 0 Å². The van der Waals surface area contributed by atoms with Gasteiger partial charge in [-0.25, -0.2) is 4.79 Å². The molecular weight excluding hydrogens is 362 g/mol. The zero-order chi connectivity index (χ0) is 20.3. The highest BCUT2D eigenvalue weighted by atomic mass is 16.6. The van der Waals surface area contributed by atoms with Crippen molar-refractivity contribution in [2.45, 2.75) is 76.9 Å². The van der Waals surface area contributed by atoms with E-state index >= 15 is 0 Å². The number of unbranched alkanes of at least 4 members (excludes halogenated alkanes) is 2. The summed E-state index contributed by atoms with van der Waals surface area (Å²) in [4.78, 5) is 11.5. The molecule has 1 unspecified atom stereocenters. The molecule has 1 N–H and O–H groups in total. The smallest absolute Gasteiger partial charge is 0.408 e. The highest BCUT2D eigenvalue weighted by molar-refractivity contribution is 5.85. The molecule has 0 aromatic heterocycles. The van der Waals surface area contributed by atoms with Gasteiger partial charge in [0.05, 0.1) is 11.6 Å². The van der Waals surface area contributed by atoms with E-state index in [4.69, 9.17) is 9.47 Å². The molecule has 4 heteroatoms. The molecule has 29 heavy (non-hydrogen) atoms. The van der Waals surface area contributed by atoms with Crippen LogP contribution in [0.5, 0.6) is 5.75 Å². The Morgan fingerprint density at radius 3 is 2.55 bits per heavy atom. The summed E-state index contributed by atoms with van der Waals surface area (Å²) in [7, 11) is 0. The van der Waals surface area contributed by atoms with Crippen molar-refractivity contribution in [3.8, 4) is 5.75 Å². The van der Waals surface area contributed by atoms with Crippen LogP contribution in [0, 0.1) is 5.92 Å². The molecule has 1 aliphatic carbocycles. The Kier molecular flexibility index (Phi) is 5.98. The number of carbonyl (C=O) groups excluding carboxylic acids is 1. The summed E-state index contributed by atoms with van der Waals surface area (Å²) in [6.07, 6.45) is 10.4. The summed E-state index contributed by atoms with van der Waals surface area (Å²) in [5, 5.41) is 5.22. The third-order valence-corrected chi connectivity index (χ3v) is 6.63. The first-order valence-corrected chi connectivity index (χ1v) is 11.2. The Morgan fingerprint density at radius 2 is 1.83 bits per heavy atom. The largest absolute Gasteiger partial charge is 0.490 e. The van der Waals surface area contributed by atoms with E-state index in [0.29, 0.717) is 12.7 Å². The molecule has 2 aromatic carbocycles. The number of nitrogens with one attached hydrogen (secondary N) is 1. The molecule has 2 fully saturated rings. The highest BCUT2D eigenvalue weighted by Crippen LogP contribution is 2.33. The van der Waals surface area contributed by atoms with Crippen LogP contribution in [0.4, 0.5) is 4.79 Å². The number of amides is 1. The van der Waals surface area contributed by atoms with Gasteiger partial charge in [-0.2, -0.15) is 0 Å². The zero-order valence-corrected chi connectivity index (χ0v) is 17.7. The summed E-state index contributed by atoms with van der Waals surface area (Å²) >= 11 is 0. The van der Waals surface area contributed by atoms with E-state index < -0.39 is 5.54 Å². The fraction of sp³-hybridized carbons (Fsp3) is 0.560. The predicted octanol–water partition coefficient (Wildman–Crippen LogP) is 6.31. The summed E-state index contributed by atoms with van der Waals surface area (Å²) in [6, 6.07) is 12.6. The Bertz CT molecular complexity index is 856. The second kappa shape index (κ2) is 8.64. The van der Waals surface area contributed by atoms with Crippen molar-refractivity contribution in [1.82, 2.24) is 5.32 Å². The number of cyclic esters (lactones) is 1. The molecule has 0 radical (unpaired) electrons. The van der Waals surface area contributed by atoms with E-state index in [1.807, 2.05) is 6.92 Å². The van der Waals surface area contributed by atoms with Crippen LogP contribution < -0.4 is 10.1 Å². The van der Waals surface area contributed by atoms with Gasteiger partial charge < -0.3 is 14.8 Å². The number of hydrogen-bond acceptors (Lipinski definition) is 3. The van der Waals surface area contributed by atoms with Gasteiger partial charge in [-0.1, -0.05) is 50.8 Å². The van der Waals surface area contributed by atoms with E-state index in [-0.39, 0.29) is 6.09 Å². The maximum atomic E-state index is 11.5. The second-order valence-electron chi connectivity index (χ2n) is 9.01. The van der Waals surface area contributed by atoms with Crippen molar-refractivity contribution in [2.24, 2.45) is 5.92 Å². The first-order chi connectivity index (χ1) is 14.1. The maximum absolute atomic E-state index is 11.5. The first-order valence-electron chi connectivity index (χ1n) is 11.2. The Morgan fingerprint density at radius 1 is 1.07 bits per heavy atom. The van der Waals surface area contributed by atoms with Gasteiger partial charge in [0.2, 0.25) is 0 Å². The van der Waals surface area contributed by atoms with Gasteiger partial charge in [-0.3, -0.25) is 0 Å². The Labute approximate surface area is 174 Å². The number of alkyl carbamates (subject to hydrolysis) is 1. The lowest BCUT2D eigenvalue weighted by molar-refractivity contribution is 0.128. The standard InChI is InChI=1S/C25H33NO3/c1-3-4-5-6-18-7-12-22(13-8-18)29-23-14-10-19-15-21(11-9-20(19)16-23)25(2)17-28-24(27)26-25/h9-11,14-16,18,22H,3-8,12-13,17H2,1-2H3,(H,26,27). The molecule has 1 heterocycles. The number of ether oxygens (including phenoxy) is 2. The van der Waals surface area contributed by atoms with Gasteiger partial charge in [-0.05, 0) is 73.1 Å². The lowest BCUT2D eigenvalue weighted by Crippen LogP contribution is -2.37. The van der Waals surface area contributed by atoms with Crippen LogP contribution in [0.25, 0.3) is 10.8 Å². The van der Waals surface area contributed by atoms with Crippen molar-refractivity contribution >= 4 is 16.9 Å². The molecule has 0 spiro atoms. The van der Waals surface area contributed by atoms with Gasteiger partial charge in [0.1, 0.15) is 12.4 Å². The Balaban J connectivity index is 1.37. The topological polar surface area (TPSA) is 47.6 Å². The fourth-order valence-corrected chi connectivity index (χ4v) is 4.72. The molecule has 2 aromatic rings. The van der Waals surface area contributed by atoms with Crippen LogP contribution in [-0.2, 0) is 10.3 Å². The van der Waals surface area contributed by atoms with Crippen LogP contribution in [-0.4, -0.2) is 18.8 Å². The van der Waals surface area contributed by atoms with Crippen LogP contribution >= 0.6 is 0 Å². The lowest BCUT2D eigenvalue weighted by Gasteiger charge is -2.29.